The Hall–Kier alpha value is -1.97. The van der Waals surface area contributed by atoms with Crippen LogP contribution in [0.2, 0.25) is 0 Å². The van der Waals surface area contributed by atoms with Crippen LogP contribution in [0.4, 0.5) is 26.3 Å². The number of carbonyl (C=O) groups is 1. The Balaban J connectivity index is 3.48. The monoisotopic (exact) mass is 331 g/mol. The van der Waals surface area contributed by atoms with E-state index in [-0.39, 0.29) is 12.1 Å². The lowest BCUT2D eigenvalue weighted by atomic mass is 9.94. The summed E-state index contributed by atoms with van der Waals surface area (Å²) in [5.41, 5.74) is 1.60. The molecule has 0 aliphatic carbocycles. The highest BCUT2D eigenvalue weighted by molar-refractivity contribution is 5.79. The van der Waals surface area contributed by atoms with Crippen LogP contribution in [0.15, 0.2) is 12.1 Å². The van der Waals surface area contributed by atoms with Gasteiger partial charge < -0.3 is 15.6 Å². The number of rotatable bonds is 4. The first kappa shape index (κ1) is 18.1. The molecule has 22 heavy (non-hydrogen) atoms. The first-order valence-corrected chi connectivity index (χ1v) is 5.83. The molecule has 0 fully saturated rings. The maximum atomic E-state index is 13.8. The van der Waals surface area contributed by atoms with E-state index < -0.39 is 53.4 Å². The topological polar surface area (TPSA) is 72.5 Å². The van der Waals surface area contributed by atoms with Crippen molar-refractivity contribution in [2.24, 2.45) is 5.73 Å². The molecule has 0 radical (unpaired) electrons. The molecule has 10 heteroatoms. The number of phenols is 1. The Kier molecular flexibility index (Phi) is 4.96. The molecule has 0 spiro atoms. The van der Waals surface area contributed by atoms with Gasteiger partial charge in [0.05, 0.1) is 12.2 Å². The summed E-state index contributed by atoms with van der Waals surface area (Å²) in [7, 11) is 0. The van der Waals surface area contributed by atoms with Gasteiger partial charge in [0.1, 0.15) is 6.04 Å². The zero-order valence-electron chi connectivity index (χ0n) is 11.0. The van der Waals surface area contributed by atoms with E-state index >= 15 is 0 Å². The molecule has 0 unspecified atom stereocenters. The number of hydrogen-bond donors (Lipinski definition) is 2. The molecule has 1 atom stereocenters. The second-order valence-electron chi connectivity index (χ2n) is 4.18. The summed E-state index contributed by atoms with van der Waals surface area (Å²) in [6.45, 7) is 0.725. The number of nitrogens with two attached hydrogens (primary N) is 1. The molecule has 0 amide bonds. The highest BCUT2D eigenvalue weighted by Gasteiger charge is 2.51. The lowest BCUT2D eigenvalue weighted by Crippen LogP contribution is -2.42. The molecule has 1 rings (SSSR count). The van der Waals surface area contributed by atoms with E-state index in [2.05, 4.69) is 4.74 Å². The fourth-order valence-electron chi connectivity index (χ4n) is 1.68. The fourth-order valence-corrected chi connectivity index (χ4v) is 1.68. The van der Waals surface area contributed by atoms with Crippen molar-refractivity contribution >= 4 is 5.97 Å². The van der Waals surface area contributed by atoms with Crippen LogP contribution in [0, 0.1) is 5.82 Å². The molecule has 3 N–H and O–H groups in total. The normalized spacial score (nSPS) is 13.8. The predicted molar refractivity (Wildman–Crippen MR) is 61.6 cm³/mol. The van der Waals surface area contributed by atoms with Crippen molar-refractivity contribution in [2.45, 2.75) is 25.1 Å². The minimum atomic E-state index is -5.19. The van der Waals surface area contributed by atoms with Crippen LogP contribution in [0.25, 0.3) is 0 Å². The number of carbonyl (C=O) groups excluding carboxylic acids is 1. The molecule has 4 nitrogen and oxygen atoms in total. The van der Waals surface area contributed by atoms with Gasteiger partial charge in [0.2, 0.25) is 0 Å². The highest BCUT2D eigenvalue weighted by Crippen LogP contribution is 2.43. The van der Waals surface area contributed by atoms with Crippen LogP contribution in [-0.4, -0.2) is 23.6 Å². The average Bonchev–Trinajstić information content (AvgIpc) is 2.39. The van der Waals surface area contributed by atoms with Crippen molar-refractivity contribution in [1.29, 1.82) is 0 Å². The summed E-state index contributed by atoms with van der Waals surface area (Å²) in [5, 5.41) is 9.35. The molecule has 0 bridgehead atoms. The third-order valence-corrected chi connectivity index (χ3v) is 2.72. The Labute approximate surface area is 120 Å². The quantitative estimate of drug-likeness (QED) is 0.657. The van der Waals surface area contributed by atoms with E-state index in [0.29, 0.717) is 0 Å². The third-order valence-electron chi connectivity index (χ3n) is 2.72. The van der Waals surface area contributed by atoms with Crippen molar-refractivity contribution in [3.8, 4) is 5.75 Å². The summed E-state index contributed by atoms with van der Waals surface area (Å²) in [6, 6.07) is -2.55. The molecule has 0 heterocycles. The smallest absolute Gasteiger partial charge is 0.416 e. The van der Waals surface area contributed by atoms with E-state index in [4.69, 9.17) is 5.73 Å². The largest absolute Gasteiger partial charge is 0.505 e. The first-order chi connectivity index (χ1) is 9.94. The van der Waals surface area contributed by atoms with Gasteiger partial charge in [-0.1, -0.05) is 0 Å². The van der Waals surface area contributed by atoms with Crippen LogP contribution >= 0.6 is 0 Å². The van der Waals surface area contributed by atoms with Gasteiger partial charge >= 0.3 is 18.1 Å². The second-order valence-corrected chi connectivity index (χ2v) is 4.18. The standard InChI is InChI=1S/C12H11F6NO3/c1-2-22-10(21)11(14,15)9(19)7-5(12(16,17)18)3-4-6(13)8(7)20/h3-4,9,20H,2,19H2,1H3/t9-/m0/s1. The van der Waals surface area contributed by atoms with Gasteiger partial charge in [-0.25, -0.2) is 9.18 Å². The van der Waals surface area contributed by atoms with Crippen molar-refractivity contribution in [1.82, 2.24) is 0 Å². The second kappa shape index (κ2) is 6.03. The van der Waals surface area contributed by atoms with Gasteiger partial charge in [-0.3, -0.25) is 0 Å². The minimum Gasteiger partial charge on any atom is -0.505 e. The predicted octanol–water partition coefficient (Wildman–Crippen LogP) is 2.75. The Morgan fingerprint density at radius 3 is 2.32 bits per heavy atom. The lowest BCUT2D eigenvalue weighted by Gasteiger charge is -2.25. The van der Waals surface area contributed by atoms with Crippen LogP contribution in [-0.2, 0) is 15.7 Å². The van der Waals surface area contributed by atoms with E-state index in [9.17, 15) is 36.2 Å². The summed E-state index contributed by atoms with van der Waals surface area (Å²) in [5.74, 6) is -10.1. The third kappa shape index (κ3) is 3.26. The molecule has 0 aromatic heterocycles. The highest BCUT2D eigenvalue weighted by atomic mass is 19.4. The molecule has 124 valence electrons. The van der Waals surface area contributed by atoms with E-state index in [1.807, 2.05) is 0 Å². The van der Waals surface area contributed by atoms with E-state index in [1.165, 1.54) is 6.92 Å². The first-order valence-electron chi connectivity index (χ1n) is 5.83. The summed E-state index contributed by atoms with van der Waals surface area (Å²) in [6.07, 6.45) is -5.19. The SMILES string of the molecule is CCOC(=O)C(F)(F)[C@@H](N)c1c(C(F)(F)F)ccc(F)c1O. The Morgan fingerprint density at radius 1 is 1.32 bits per heavy atom. The van der Waals surface area contributed by atoms with E-state index in [0.717, 1.165) is 0 Å². The zero-order chi connectivity index (χ0) is 17.3. The fraction of sp³-hybridized carbons (Fsp3) is 0.417. The van der Waals surface area contributed by atoms with Gasteiger partial charge in [0, 0.05) is 5.56 Å². The average molecular weight is 331 g/mol. The molecule has 0 saturated carbocycles. The number of aromatic hydroxyl groups is 1. The molecular weight excluding hydrogens is 320 g/mol. The van der Waals surface area contributed by atoms with Crippen molar-refractivity contribution < 1.29 is 41.0 Å². The molecule has 1 aromatic rings. The summed E-state index contributed by atoms with van der Waals surface area (Å²) >= 11 is 0. The van der Waals surface area contributed by atoms with Crippen molar-refractivity contribution in [3.05, 3.63) is 29.1 Å². The number of hydrogen-bond acceptors (Lipinski definition) is 4. The van der Waals surface area contributed by atoms with Crippen molar-refractivity contribution in [2.75, 3.05) is 6.61 Å². The summed E-state index contributed by atoms with van der Waals surface area (Å²) < 4.78 is 83.2. The molecule has 0 aliphatic rings. The van der Waals surface area contributed by atoms with Gasteiger partial charge in [-0.2, -0.15) is 22.0 Å². The van der Waals surface area contributed by atoms with Crippen LogP contribution in [0.5, 0.6) is 5.75 Å². The van der Waals surface area contributed by atoms with Crippen LogP contribution in [0.1, 0.15) is 24.1 Å². The molecule has 0 aliphatic heterocycles. The number of ether oxygens (including phenoxy) is 1. The maximum Gasteiger partial charge on any atom is 0.416 e. The minimum absolute atomic E-state index is 0.144. The van der Waals surface area contributed by atoms with Gasteiger partial charge in [-0.15, -0.1) is 0 Å². The molecular formula is C12H11F6NO3. The number of phenolic OH excluding ortho intramolecular Hbond substituents is 1. The van der Waals surface area contributed by atoms with Crippen molar-refractivity contribution in [3.63, 3.8) is 0 Å². The number of benzene rings is 1. The van der Waals surface area contributed by atoms with E-state index in [1.54, 1.807) is 0 Å². The zero-order valence-corrected chi connectivity index (χ0v) is 11.0. The Morgan fingerprint density at radius 2 is 1.86 bits per heavy atom. The van der Waals surface area contributed by atoms with Crippen LogP contribution in [0.3, 0.4) is 0 Å². The summed E-state index contributed by atoms with van der Waals surface area (Å²) in [4.78, 5) is 11.1. The molecule has 0 saturated heterocycles. The number of esters is 1. The lowest BCUT2D eigenvalue weighted by molar-refractivity contribution is -0.175. The van der Waals surface area contributed by atoms with Gasteiger partial charge in [0.15, 0.2) is 11.6 Å². The van der Waals surface area contributed by atoms with Gasteiger partial charge in [0.25, 0.3) is 0 Å². The van der Waals surface area contributed by atoms with Crippen LogP contribution < -0.4 is 5.73 Å². The molecule has 1 aromatic carbocycles. The maximum absolute atomic E-state index is 13.8. The number of halogens is 6. The van der Waals surface area contributed by atoms with Gasteiger partial charge in [-0.05, 0) is 19.1 Å². The number of alkyl halides is 5. The Bertz CT molecular complexity index is 573.